The molecule has 18 heteroatoms. The molecule has 1 aromatic carbocycles. The molecule has 1 fully saturated rings. The number of thioether (sulfide) groups is 1. The maximum Gasteiger partial charge on any atom is 0.245 e. The van der Waals surface area contributed by atoms with E-state index in [0.29, 0.717) is 43.7 Å². The van der Waals surface area contributed by atoms with Gasteiger partial charge in [0.05, 0.1) is 19.1 Å². The standard InChI is InChI=1S/C40H63N9O8S/c1-6-23(3)34-38(55)46-31(20-32(42)51)36(53)45-29(40(57)49(5)26(22-50)11-10-16-41)14-17-58-18-15-33(52)44-30(19-25-21-43-28-13-9-8-12-27(25)28)37(54)47-35(24(4)7-2)39(56)48-34/h8-9,12-13,21,23-24,26,29-31,34-35,43,50H,6-7,10-11,14-20,22,41H2,1-5H3,(H2,42,51)(H,44,52)(H,45,53)(H,46,55)(H,47,54)(H,48,56)/t23-,24-,26-,29-,30+,31-,34-,35-/m0/s1. The average Bonchev–Trinajstić information content (AvgIpc) is 3.61. The largest absolute Gasteiger partial charge is 0.394 e. The molecule has 0 aliphatic carbocycles. The highest BCUT2D eigenvalue weighted by molar-refractivity contribution is 7.99. The quantitative estimate of drug-likeness (QED) is 0.125. The number of nitrogens with one attached hydrogen (secondary N) is 6. The maximum atomic E-state index is 14.1. The van der Waals surface area contributed by atoms with Crippen molar-refractivity contribution in [2.75, 3.05) is 31.7 Å². The van der Waals surface area contributed by atoms with Crippen molar-refractivity contribution in [2.45, 2.75) is 115 Å². The monoisotopic (exact) mass is 829 g/mol. The third kappa shape index (κ3) is 13.7. The Bertz CT molecular complexity index is 1720. The number of nitrogens with two attached hydrogens (primary N) is 2. The highest BCUT2D eigenvalue weighted by atomic mass is 32.2. The number of aromatic amines is 1. The molecule has 1 saturated heterocycles. The Hall–Kier alpha value is -4.68. The molecule has 0 spiro atoms. The van der Waals surface area contributed by atoms with Crippen LogP contribution in [0.5, 0.6) is 0 Å². The van der Waals surface area contributed by atoms with Gasteiger partial charge in [0, 0.05) is 42.7 Å². The van der Waals surface area contributed by atoms with Crippen molar-refractivity contribution < 1.29 is 38.7 Å². The normalized spacial score (nSPS) is 23.6. The number of amides is 7. The summed E-state index contributed by atoms with van der Waals surface area (Å²) in [6, 6.07) is 0.972. The van der Waals surface area contributed by atoms with Crippen molar-refractivity contribution in [3.63, 3.8) is 0 Å². The third-order valence-electron chi connectivity index (χ3n) is 10.9. The van der Waals surface area contributed by atoms with Crippen LogP contribution in [-0.2, 0) is 40.0 Å². The number of H-pyrrole nitrogens is 1. The molecule has 2 aromatic rings. The van der Waals surface area contributed by atoms with Gasteiger partial charge in [0.2, 0.25) is 41.4 Å². The van der Waals surface area contributed by atoms with Crippen molar-refractivity contribution in [3.8, 4) is 0 Å². The minimum atomic E-state index is -1.50. The molecular weight excluding hydrogens is 767 g/mol. The summed E-state index contributed by atoms with van der Waals surface area (Å²) in [4.78, 5) is 100. The Morgan fingerprint density at radius 3 is 2.12 bits per heavy atom. The second kappa shape index (κ2) is 23.7. The summed E-state index contributed by atoms with van der Waals surface area (Å²) in [5.41, 5.74) is 12.8. The van der Waals surface area contributed by atoms with E-state index in [1.54, 1.807) is 20.0 Å². The van der Waals surface area contributed by atoms with Crippen LogP contribution in [0.4, 0.5) is 0 Å². The highest BCUT2D eigenvalue weighted by Crippen LogP contribution is 2.21. The summed E-state index contributed by atoms with van der Waals surface area (Å²) in [5.74, 6) is -4.90. The number of aromatic nitrogens is 1. The second-order valence-corrected chi connectivity index (χ2v) is 16.3. The van der Waals surface area contributed by atoms with Gasteiger partial charge in [0.15, 0.2) is 0 Å². The van der Waals surface area contributed by atoms with Crippen LogP contribution >= 0.6 is 11.8 Å². The van der Waals surface area contributed by atoms with Crippen LogP contribution in [-0.4, -0.2) is 124 Å². The summed E-state index contributed by atoms with van der Waals surface area (Å²) >= 11 is 1.35. The van der Waals surface area contributed by atoms with E-state index in [9.17, 15) is 38.7 Å². The molecule has 1 aliphatic heterocycles. The van der Waals surface area contributed by atoms with E-state index in [0.717, 1.165) is 16.5 Å². The van der Waals surface area contributed by atoms with Gasteiger partial charge in [-0.1, -0.05) is 58.7 Å². The fourth-order valence-electron chi connectivity index (χ4n) is 6.75. The number of benzene rings is 1. The zero-order valence-electron chi connectivity index (χ0n) is 34.3. The number of hydrogen-bond acceptors (Lipinski definition) is 10. The maximum absolute atomic E-state index is 14.1. The van der Waals surface area contributed by atoms with Crippen LogP contribution < -0.4 is 38.1 Å². The molecule has 3 rings (SSSR count). The number of aliphatic hydroxyl groups is 1. The minimum Gasteiger partial charge on any atom is -0.394 e. The Morgan fingerprint density at radius 2 is 1.50 bits per heavy atom. The second-order valence-electron chi connectivity index (χ2n) is 15.1. The zero-order valence-corrected chi connectivity index (χ0v) is 35.1. The molecule has 0 radical (unpaired) electrons. The number of carbonyl (C=O) groups excluding carboxylic acids is 7. The predicted molar refractivity (Wildman–Crippen MR) is 223 cm³/mol. The molecule has 11 N–H and O–H groups in total. The first kappa shape index (κ1) is 47.7. The first-order valence-electron chi connectivity index (χ1n) is 20.1. The van der Waals surface area contributed by atoms with E-state index in [2.05, 4.69) is 31.6 Å². The lowest BCUT2D eigenvalue weighted by atomic mass is 9.94. The number of rotatable bonds is 14. The summed E-state index contributed by atoms with van der Waals surface area (Å²) in [6.07, 6.45) is 3.31. The summed E-state index contributed by atoms with van der Waals surface area (Å²) in [6.45, 7) is 7.21. The van der Waals surface area contributed by atoms with E-state index in [-0.39, 0.29) is 25.9 Å². The number of hydrogen-bond donors (Lipinski definition) is 9. The van der Waals surface area contributed by atoms with Gasteiger partial charge < -0.3 is 53.0 Å². The molecular formula is C40H63N9O8S. The molecule has 0 unspecified atom stereocenters. The molecule has 1 aliphatic rings. The van der Waals surface area contributed by atoms with Crippen LogP contribution in [0.25, 0.3) is 10.9 Å². The smallest absolute Gasteiger partial charge is 0.245 e. The van der Waals surface area contributed by atoms with Crippen molar-refractivity contribution in [3.05, 3.63) is 36.0 Å². The number of fused-ring (bicyclic) bond motifs is 1. The van der Waals surface area contributed by atoms with Gasteiger partial charge in [0.1, 0.15) is 30.2 Å². The van der Waals surface area contributed by atoms with Crippen molar-refractivity contribution >= 4 is 64.0 Å². The van der Waals surface area contributed by atoms with Crippen molar-refractivity contribution in [2.24, 2.45) is 23.3 Å². The number of nitrogens with zero attached hydrogens (tertiary/aromatic N) is 1. The van der Waals surface area contributed by atoms with Crippen molar-refractivity contribution in [1.29, 1.82) is 0 Å². The van der Waals surface area contributed by atoms with Gasteiger partial charge >= 0.3 is 0 Å². The highest BCUT2D eigenvalue weighted by Gasteiger charge is 2.37. The minimum absolute atomic E-state index is 0.0253. The van der Waals surface area contributed by atoms with Crippen LogP contribution in [0.3, 0.4) is 0 Å². The molecule has 1 aromatic heterocycles. The molecule has 7 amide bonds. The van der Waals surface area contributed by atoms with Gasteiger partial charge in [-0.25, -0.2) is 0 Å². The summed E-state index contributed by atoms with van der Waals surface area (Å²) in [7, 11) is 1.51. The van der Waals surface area contributed by atoms with Crippen LogP contribution in [0.1, 0.15) is 78.2 Å². The van der Waals surface area contributed by atoms with Crippen LogP contribution in [0, 0.1) is 11.8 Å². The van der Waals surface area contributed by atoms with Gasteiger partial charge in [-0.3, -0.25) is 33.6 Å². The molecule has 322 valence electrons. The number of aliphatic hydroxyl groups excluding tert-OH is 1. The van der Waals surface area contributed by atoms with E-state index in [4.69, 9.17) is 11.5 Å². The third-order valence-corrected chi connectivity index (χ3v) is 11.9. The topological polar surface area (TPSA) is 271 Å². The fourth-order valence-corrected chi connectivity index (χ4v) is 7.69. The summed E-state index contributed by atoms with van der Waals surface area (Å²) < 4.78 is 0. The lowest BCUT2D eigenvalue weighted by Gasteiger charge is -2.32. The predicted octanol–water partition coefficient (Wildman–Crippen LogP) is 0.187. The van der Waals surface area contributed by atoms with Gasteiger partial charge in [0.25, 0.3) is 0 Å². The van der Waals surface area contributed by atoms with Crippen LogP contribution in [0.2, 0.25) is 0 Å². The Balaban J connectivity index is 2.04. The van der Waals surface area contributed by atoms with E-state index < -0.39 is 95.9 Å². The van der Waals surface area contributed by atoms with Gasteiger partial charge in [-0.2, -0.15) is 11.8 Å². The fraction of sp³-hybridized carbons (Fsp3) is 0.625. The Morgan fingerprint density at radius 1 is 0.879 bits per heavy atom. The molecule has 58 heavy (non-hydrogen) atoms. The molecule has 2 heterocycles. The van der Waals surface area contributed by atoms with Crippen LogP contribution in [0.15, 0.2) is 30.5 Å². The molecule has 0 bridgehead atoms. The Kier molecular flexibility index (Phi) is 19.5. The lowest BCUT2D eigenvalue weighted by Crippen LogP contribution is -2.62. The number of primary amides is 1. The zero-order chi connectivity index (χ0) is 42.9. The lowest BCUT2D eigenvalue weighted by molar-refractivity contribution is -0.139. The number of carbonyl (C=O) groups is 7. The van der Waals surface area contributed by atoms with Gasteiger partial charge in [-0.05, 0) is 55.0 Å². The van der Waals surface area contributed by atoms with E-state index in [1.165, 1.54) is 23.7 Å². The summed E-state index contributed by atoms with van der Waals surface area (Å²) in [5, 5.41) is 24.7. The first-order valence-corrected chi connectivity index (χ1v) is 21.3. The molecule has 17 nitrogen and oxygen atoms in total. The molecule has 8 atom stereocenters. The number of likely N-dealkylation sites (N-methyl/N-ethyl adjacent to an activating group) is 1. The Labute approximate surface area is 344 Å². The molecule has 0 saturated carbocycles. The first-order chi connectivity index (χ1) is 27.6. The SMILES string of the molecule is CC[C@H](C)[C@@H]1NC(=O)[C@H]([C@@H](C)CC)NC(=O)[C@@H](Cc2c[nH]c3ccccc23)NC(=O)CCSCC[C@@H](C(=O)N(C)[C@H](CO)CCCN)NC(=O)[C@H](CC(N)=O)NC1=O. The van der Waals surface area contributed by atoms with Gasteiger partial charge in [-0.15, -0.1) is 0 Å². The average molecular weight is 830 g/mol. The number of para-hydroxylation sites is 1. The van der Waals surface area contributed by atoms with Crippen molar-refractivity contribution in [1.82, 2.24) is 36.5 Å². The van der Waals surface area contributed by atoms with E-state index >= 15 is 0 Å². The van der Waals surface area contributed by atoms with E-state index in [1.807, 2.05) is 38.1 Å².